The second-order valence-electron chi connectivity index (χ2n) is 16.6. The Morgan fingerprint density at radius 3 is 1.56 bits per heavy atom. The average molecular weight is 736 g/mol. The number of esters is 2. The van der Waals surface area contributed by atoms with Crippen molar-refractivity contribution in [2.75, 3.05) is 32.8 Å². The lowest BCUT2D eigenvalue weighted by molar-refractivity contribution is -0.150. The van der Waals surface area contributed by atoms with Crippen molar-refractivity contribution in [1.82, 2.24) is 4.90 Å². The van der Waals surface area contributed by atoms with Gasteiger partial charge in [-0.25, -0.2) is 0 Å². The molecule has 1 saturated carbocycles. The molecule has 0 heterocycles. The van der Waals surface area contributed by atoms with Gasteiger partial charge in [0.2, 0.25) is 0 Å². The predicted molar refractivity (Wildman–Crippen MR) is 221 cm³/mol. The second kappa shape index (κ2) is 35.6. The Kier molecular flexibility index (Phi) is 33.4. The van der Waals surface area contributed by atoms with Crippen LogP contribution < -0.4 is 0 Å². The quantitative estimate of drug-likeness (QED) is 0.0498. The fourth-order valence-corrected chi connectivity index (χ4v) is 7.83. The maximum atomic E-state index is 12.9. The van der Waals surface area contributed by atoms with Crippen molar-refractivity contribution in [3.63, 3.8) is 0 Å². The number of aliphatic hydroxyl groups is 1. The third-order valence-corrected chi connectivity index (χ3v) is 11.6. The maximum Gasteiger partial charge on any atom is 0.306 e. The van der Waals surface area contributed by atoms with Crippen LogP contribution in [0.2, 0.25) is 0 Å². The van der Waals surface area contributed by atoms with E-state index in [2.05, 4.69) is 25.7 Å². The molecule has 52 heavy (non-hydrogen) atoms. The molecule has 308 valence electrons. The highest BCUT2D eigenvalue weighted by molar-refractivity contribution is 5.69. The van der Waals surface area contributed by atoms with Crippen LogP contribution in [0.4, 0.5) is 0 Å². The molecule has 0 radical (unpaired) electrons. The molecule has 1 fully saturated rings. The lowest BCUT2D eigenvalue weighted by Crippen LogP contribution is -2.29. The molecular formula is C46H89NO5. The molecule has 0 unspecified atom stereocenters. The van der Waals surface area contributed by atoms with Gasteiger partial charge in [0.1, 0.15) is 6.10 Å². The van der Waals surface area contributed by atoms with Crippen molar-refractivity contribution in [1.29, 1.82) is 0 Å². The maximum absolute atomic E-state index is 12.9. The van der Waals surface area contributed by atoms with Crippen molar-refractivity contribution in [3.8, 4) is 0 Å². The minimum Gasteiger partial charge on any atom is -0.466 e. The van der Waals surface area contributed by atoms with Gasteiger partial charge < -0.3 is 19.5 Å². The predicted octanol–water partition coefficient (Wildman–Crippen LogP) is 13.1. The molecule has 0 bridgehead atoms. The molecule has 0 aliphatic heterocycles. The smallest absolute Gasteiger partial charge is 0.306 e. The molecule has 0 aromatic carbocycles. The van der Waals surface area contributed by atoms with E-state index in [9.17, 15) is 14.7 Å². The van der Waals surface area contributed by atoms with Gasteiger partial charge in [-0.1, -0.05) is 143 Å². The van der Waals surface area contributed by atoms with E-state index < -0.39 is 0 Å². The fourth-order valence-electron chi connectivity index (χ4n) is 7.83. The van der Waals surface area contributed by atoms with Crippen LogP contribution in [0.25, 0.3) is 0 Å². The number of hydrogen-bond donors (Lipinski definition) is 1. The summed E-state index contributed by atoms with van der Waals surface area (Å²) in [6.45, 7) is 10.4. The lowest BCUT2D eigenvalue weighted by Gasteiger charge is -2.23. The summed E-state index contributed by atoms with van der Waals surface area (Å²) in [6, 6.07) is 0. The second-order valence-corrected chi connectivity index (χ2v) is 16.6. The summed E-state index contributed by atoms with van der Waals surface area (Å²) in [5, 5.41) is 9.65. The van der Waals surface area contributed by atoms with E-state index in [4.69, 9.17) is 9.47 Å². The first-order chi connectivity index (χ1) is 25.5. The van der Waals surface area contributed by atoms with E-state index in [1.807, 2.05) is 0 Å². The topological polar surface area (TPSA) is 76.1 Å². The summed E-state index contributed by atoms with van der Waals surface area (Å²) < 4.78 is 11.5. The Bertz CT molecular complexity index is 784. The van der Waals surface area contributed by atoms with Gasteiger partial charge in [0.05, 0.1) is 13.2 Å². The summed E-state index contributed by atoms with van der Waals surface area (Å²) in [5.41, 5.74) is 0.444. The molecule has 1 rings (SSSR count). The molecule has 0 saturated heterocycles. The molecule has 1 N–H and O–H groups in total. The average Bonchev–Trinajstić information content (AvgIpc) is 3.91. The molecule has 0 atom stereocenters. The number of hydrogen-bond acceptors (Lipinski definition) is 6. The number of unbranched alkanes of at least 4 members (excludes halogenated alkanes) is 20. The van der Waals surface area contributed by atoms with Crippen LogP contribution in [-0.4, -0.2) is 60.9 Å². The summed E-state index contributed by atoms with van der Waals surface area (Å²) >= 11 is 0. The zero-order chi connectivity index (χ0) is 37.8. The molecule has 0 spiro atoms. The molecule has 1 aliphatic rings. The number of ether oxygens (including phenoxy) is 2. The summed E-state index contributed by atoms with van der Waals surface area (Å²) in [4.78, 5) is 27.3. The van der Waals surface area contributed by atoms with Gasteiger partial charge >= 0.3 is 11.9 Å². The van der Waals surface area contributed by atoms with E-state index in [1.54, 1.807) is 0 Å². The van der Waals surface area contributed by atoms with Crippen LogP contribution in [0.1, 0.15) is 239 Å². The summed E-state index contributed by atoms with van der Waals surface area (Å²) in [7, 11) is 0. The van der Waals surface area contributed by atoms with Crippen molar-refractivity contribution in [3.05, 3.63) is 0 Å². The molecule has 6 heteroatoms. The fraction of sp³-hybridized carbons (Fsp3) is 0.957. The minimum absolute atomic E-state index is 0.0232. The van der Waals surface area contributed by atoms with E-state index in [1.165, 1.54) is 148 Å². The summed E-state index contributed by atoms with van der Waals surface area (Å²) in [5.74, 6) is 0.0108. The van der Waals surface area contributed by atoms with Crippen molar-refractivity contribution in [2.24, 2.45) is 5.41 Å². The summed E-state index contributed by atoms with van der Waals surface area (Å²) in [6.07, 6.45) is 40.0. The highest BCUT2D eigenvalue weighted by Crippen LogP contribution is 2.53. The zero-order valence-corrected chi connectivity index (χ0v) is 35.2. The minimum atomic E-state index is -0.0232. The Morgan fingerprint density at radius 1 is 0.538 bits per heavy atom. The van der Waals surface area contributed by atoms with E-state index in [-0.39, 0.29) is 24.6 Å². The van der Waals surface area contributed by atoms with Crippen molar-refractivity contribution >= 4 is 11.9 Å². The van der Waals surface area contributed by atoms with Crippen LogP contribution in [0.3, 0.4) is 0 Å². The van der Waals surface area contributed by atoms with Gasteiger partial charge in [0.15, 0.2) is 0 Å². The van der Waals surface area contributed by atoms with Gasteiger partial charge in [0, 0.05) is 19.4 Å². The standard InChI is InChI=1S/C46H89NO5/c1-4-7-10-13-16-20-25-32-44(49)51-42-27-22-17-21-26-38-47(40-41-48)39-29-35-46(36-37-46)34-28-33-45(50)52-43(30-23-18-14-11-8-5-2)31-24-19-15-12-9-6-3/h43,48H,4-42H2,1-3H3. The Balaban J connectivity index is 2.18. The Hall–Kier alpha value is -1.14. The van der Waals surface area contributed by atoms with E-state index in [0.717, 1.165) is 77.4 Å². The third-order valence-electron chi connectivity index (χ3n) is 11.6. The van der Waals surface area contributed by atoms with Crippen LogP contribution >= 0.6 is 0 Å². The molecule has 0 aromatic rings. The van der Waals surface area contributed by atoms with Crippen LogP contribution in [0.5, 0.6) is 0 Å². The number of carbonyl (C=O) groups excluding carboxylic acids is 2. The first-order valence-electron chi connectivity index (χ1n) is 23.2. The Morgan fingerprint density at radius 2 is 1.00 bits per heavy atom. The molecular weight excluding hydrogens is 647 g/mol. The molecule has 0 amide bonds. The highest BCUT2D eigenvalue weighted by Gasteiger charge is 2.41. The van der Waals surface area contributed by atoms with Crippen molar-refractivity contribution < 1.29 is 24.2 Å². The number of nitrogens with zero attached hydrogens (tertiary/aromatic N) is 1. The Labute approximate surface area is 323 Å². The van der Waals surface area contributed by atoms with Gasteiger partial charge in [-0.05, 0) is 102 Å². The highest BCUT2D eigenvalue weighted by atomic mass is 16.5. The van der Waals surface area contributed by atoms with Gasteiger partial charge in [-0.3, -0.25) is 9.59 Å². The molecule has 6 nitrogen and oxygen atoms in total. The van der Waals surface area contributed by atoms with Gasteiger partial charge in [-0.15, -0.1) is 0 Å². The van der Waals surface area contributed by atoms with Crippen LogP contribution in [0.15, 0.2) is 0 Å². The first-order valence-corrected chi connectivity index (χ1v) is 23.2. The number of carbonyl (C=O) groups is 2. The first kappa shape index (κ1) is 48.9. The third kappa shape index (κ3) is 30.2. The van der Waals surface area contributed by atoms with Gasteiger partial charge in [-0.2, -0.15) is 0 Å². The zero-order valence-electron chi connectivity index (χ0n) is 35.2. The van der Waals surface area contributed by atoms with E-state index in [0.29, 0.717) is 24.9 Å². The number of rotatable bonds is 41. The number of aliphatic hydroxyl groups excluding tert-OH is 1. The normalized spacial score (nSPS) is 13.7. The van der Waals surface area contributed by atoms with Gasteiger partial charge in [0.25, 0.3) is 0 Å². The monoisotopic (exact) mass is 736 g/mol. The lowest BCUT2D eigenvalue weighted by atomic mass is 9.93. The molecule has 1 aliphatic carbocycles. The van der Waals surface area contributed by atoms with Crippen molar-refractivity contribution in [2.45, 2.75) is 245 Å². The largest absolute Gasteiger partial charge is 0.466 e. The SMILES string of the molecule is CCCCCCCCCC(=O)OCCCCCCCN(CCO)CCCC1(CCCC(=O)OC(CCCCCCCC)CCCCCCCC)CC1. The molecule has 0 aromatic heterocycles. The van der Waals surface area contributed by atoms with E-state index >= 15 is 0 Å². The van der Waals surface area contributed by atoms with Crippen LogP contribution in [-0.2, 0) is 19.1 Å². The van der Waals surface area contributed by atoms with Crippen LogP contribution in [0, 0.1) is 5.41 Å².